The summed E-state index contributed by atoms with van der Waals surface area (Å²) in [5, 5.41) is 2.59. The summed E-state index contributed by atoms with van der Waals surface area (Å²) in [5.74, 6) is 0.943. The minimum atomic E-state index is -0.194. The van der Waals surface area contributed by atoms with Crippen LogP contribution in [0.25, 0.3) is 6.08 Å². The molecular weight excluding hydrogens is 424 g/mol. The summed E-state index contributed by atoms with van der Waals surface area (Å²) < 4.78 is 12.5. The molecule has 0 aliphatic carbocycles. The topological polar surface area (TPSA) is 60.5 Å². The van der Waals surface area contributed by atoms with Gasteiger partial charge in [0.15, 0.2) is 11.5 Å². The third kappa shape index (κ3) is 4.39. The Morgan fingerprint density at radius 1 is 1.40 bits per heavy atom. The number of thioether (sulfide) groups is 1. The van der Waals surface area contributed by atoms with Gasteiger partial charge in [-0.05, 0) is 51.8 Å². The predicted octanol–water partition coefficient (Wildman–Crippen LogP) is 3.92. The van der Waals surface area contributed by atoms with Gasteiger partial charge in [-0.2, -0.15) is 0 Å². The number of pyridine rings is 1. The van der Waals surface area contributed by atoms with Crippen molar-refractivity contribution in [3.8, 4) is 11.5 Å². The molecule has 1 aliphatic rings. The molecule has 0 spiro atoms. The van der Waals surface area contributed by atoms with E-state index in [1.165, 1.54) is 11.8 Å². The summed E-state index contributed by atoms with van der Waals surface area (Å²) in [6, 6.07) is 9.31. The third-order valence-corrected chi connectivity index (χ3v) is 5.03. The summed E-state index contributed by atoms with van der Waals surface area (Å²) in [4.78, 5) is 16.6. The van der Waals surface area contributed by atoms with E-state index in [4.69, 9.17) is 21.7 Å². The summed E-state index contributed by atoms with van der Waals surface area (Å²) in [6.07, 6.45) is 3.48. The van der Waals surface area contributed by atoms with Crippen LogP contribution in [-0.2, 0) is 11.4 Å². The quantitative estimate of drug-likeness (QED) is 0.565. The molecular formula is C17H13BrN2O3S2. The van der Waals surface area contributed by atoms with E-state index < -0.39 is 0 Å². The van der Waals surface area contributed by atoms with Crippen LogP contribution >= 0.6 is 39.9 Å². The maximum absolute atomic E-state index is 11.8. The van der Waals surface area contributed by atoms with Gasteiger partial charge >= 0.3 is 0 Å². The van der Waals surface area contributed by atoms with Crippen LogP contribution in [-0.4, -0.2) is 22.3 Å². The molecule has 0 bridgehead atoms. The molecule has 25 heavy (non-hydrogen) atoms. The first-order valence-corrected chi connectivity index (χ1v) is 9.23. The second-order valence-electron chi connectivity index (χ2n) is 5.00. The molecule has 1 saturated heterocycles. The normalized spacial score (nSPS) is 15.4. The van der Waals surface area contributed by atoms with Crippen molar-refractivity contribution in [1.82, 2.24) is 10.3 Å². The lowest BCUT2D eigenvalue weighted by Gasteiger charge is -2.13. The molecule has 1 N–H and O–H groups in total. The molecule has 3 rings (SSSR count). The Morgan fingerprint density at radius 2 is 2.24 bits per heavy atom. The highest BCUT2D eigenvalue weighted by atomic mass is 79.9. The van der Waals surface area contributed by atoms with Crippen molar-refractivity contribution in [1.29, 1.82) is 0 Å². The van der Waals surface area contributed by atoms with Gasteiger partial charge in [0.25, 0.3) is 5.91 Å². The van der Waals surface area contributed by atoms with Crippen LogP contribution < -0.4 is 14.8 Å². The van der Waals surface area contributed by atoms with Crippen LogP contribution in [0.15, 0.2) is 45.9 Å². The Balaban J connectivity index is 1.85. The van der Waals surface area contributed by atoms with Gasteiger partial charge in [0.05, 0.1) is 22.2 Å². The minimum Gasteiger partial charge on any atom is -0.493 e. The van der Waals surface area contributed by atoms with Gasteiger partial charge in [-0.15, -0.1) is 0 Å². The van der Waals surface area contributed by atoms with Crippen molar-refractivity contribution >= 4 is 56.2 Å². The molecule has 0 atom stereocenters. The third-order valence-electron chi connectivity index (χ3n) is 3.28. The number of thiocarbonyl (C=S) groups is 1. The van der Waals surface area contributed by atoms with E-state index >= 15 is 0 Å². The van der Waals surface area contributed by atoms with Gasteiger partial charge in [-0.3, -0.25) is 9.78 Å². The van der Waals surface area contributed by atoms with Gasteiger partial charge in [-0.25, -0.2) is 0 Å². The molecule has 1 amide bonds. The Morgan fingerprint density at radius 3 is 2.88 bits per heavy atom. The Kier molecular flexibility index (Phi) is 5.72. The first kappa shape index (κ1) is 17.9. The highest BCUT2D eigenvalue weighted by molar-refractivity contribution is 9.10. The van der Waals surface area contributed by atoms with E-state index in [2.05, 4.69) is 26.2 Å². The molecule has 1 fully saturated rings. The van der Waals surface area contributed by atoms with Gasteiger partial charge < -0.3 is 14.8 Å². The summed E-state index contributed by atoms with van der Waals surface area (Å²) in [7, 11) is 1.57. The Bertz CT molecular complexity index is 856. The lowest BCUT2D eigenvalue weighted by molar-refractivity contribution is -0.115. The Labute approximate surface area is 162 Å². The average molecular weight is 437 g/mol. The van der Waals surface area contributed by atoms with E-state index in [1.54, 1.807) is 25.4 Å². The van der Waals surface area contributed by atoms with E-state index in [9.17, 15) is 4.79 Å². The van der Waals surface area contributed by atoms with Crippen molar-refractivity contribution in [2.75, 3.05) is 7.11 Å². The van der Waals surface area contributed by atoms with Crippen LogP contribution in [0, 0.1) is 0 Å². The molecule has 2 aromatic rings. The molecule has 128 valence electrons. The standard InChI is InChI=1S/C17H13BrN2O3S2/c1-22-13-7-10(8-14-16(21)20-17(24)25-14)6-12(18)15(13)23-9-11-4-2-3-5-19-11/h2-8H,9H2,1H3,(H,20,21,24)/b14-8+. The molecule has 0 saturated carbocycles. The highest BCUT2D eigenvalue weighted by Crippen LogP contribution is 2.38. The largest absolute Gasteiger partial charge is 0.493 e. The van der Waals surface area contributed by atoms with Gasteiger partial charge in [0, 0.05) is 6.20 Å². The highest BCUT2D eigenvalue weighted by Gasteiger charge is 2.22. The van der Waals surface area contributed by atoms with Crippen molar-refractivity contribution in [3.05, 3.63) is 57.2 Å². The Hall–Kier alpha value is -1.90. The summed E-state index contributed by atoms with van der Waals surface area (Å²) in [6.45, 7) is 0.322. The van der Waals surface area contributed by atoms with E-state index in [1.807, 2.05) is 24.3 Å². The zero-order chi connectivity index (χ0) is 17.8. The second-order valence-corrected chi connectivity index (χ2v) is 7.57. The molecule has 2 heterocycles. The zero-order valence-electron chi connectivity index (χ0n) is 13.1. The van der Waals surface area contributed by atoms with Crippen molar-refractivity contribution in [3.63, 3.8) is 0 Å². The fraction of sp³-hybridized carbons (Fsp3) is 0.118. The van der Waals surface area contributed by atoms with Crippen LogP contribution in [0.3, 0.4) is 0 Å². The lowest BCUT2D eigenvalue weighted by Crippen LogP contribution is -2.17. The van der Waals surface area contributed by atoms with Gasteiger partial charge in [0.2, 0.25) is 0 Å². The van der Waals surface area contributed by atoms with E-state index in [0.29, 0.717) is 27.3 Å². The SMILES string of the molecule is COc1cc(/C=C2/SC(=S)NC2=O)cc(Br)c1OCc1ccccn1. The monoisotopic (exact) mass is 436 g/mol. The number of nitrogens with zero attached hydrogens (tertiary/aromatic N) is 1. The minimum absolute atomic E-state index is 0.194. The zero-order valence-corrected chi connectivity index (χ0v) is 16.3. The fourth-order valence-corrected chi connectivity index (χ4v) is 3.78. The van der Waals surface area contributed by atoms with Crippen molar-refractivity contribution in [2.24, 2.45) is 0 Å². The molecule has 1 aromatic heterocycles. The molecule has 0 radical (unpaired) electrons. The number of aromatic nitrogens is 1. The summed E-state index contributed by atoms with van der Waals surface area (Å²) >= 11 is 9.73. The maximum Gasteiger partial charge on any atom is 0.263 e. The first-order valence-electron chi connectivity index (χ1n) is 7.22. The van der Waals surface area contributed by atoms with Crippen LogP contribution in [0.2, 0.25) is 0 Å². The summed E-state index contributed by atoms with van der Waals surface area (Å²) in [5.41, 5.74) is 1.62. The van der Waals surface area contributed by atoms with E-state index in [-0.39, 0.29) is 5.91 Å². The van der Waals surface area contributed by atoms with E-state index in [0.717, 1.165) is 15.7 Å². The number of hydrogen-bond donors (Lipinski definition) is 1. The maximum atomic E-state index is 11.8. The average Bonchev–Trinajstić information content (AvgIpc) is 2.91. The number of carbonyl (C=O) groups is 1. The number of benzene rings is 1. The number of ether oxygens (including phenoxy) is 2. The fourth-order valence-electron chi connectivity index (χ4n) is 2.17. The molecule has 5 nitrogen and oxygen atoms in total. The molecule has 8 heteroatoms. The predicted molar refractivity (Wildman–Crippen MR) is 106 cm³/mol. The number of rotatable bonds is 5. The number of nitrogens with one attached hydrogen (secondary N) is 1. The van der Waals surface area contributed by atoms with Crippen LogP contribution in [0.4, 0.5) is 0 Å². The molecule has 1 aliphatic heterocycles. The smallest absolute Gasteiger partial charge is 0.263 e. The lowest BCUT2D eigenvalue weighted by atomic mass is 10.2. The van der Waals surface area contributed by atoms with Gasteiger partial charge in [-0.1, -0.05) is 30.0 Å². The number of carbonyl (C=O) groups excluding carboxylic acids is 1. The molecule has 0 unspecified atom stereocenters. The van der Waals surface area contributed by atoms with Crippen LogP contribution in [0.1, 0.15) is 11.3 Å². The van der Waals surface area contributed by atoms with Crippen molar-refractivity contribution < 1.29 is 14.3 Å². The molecule has 1 aromatic carbocycles. The van der Waals surface area contributed by atoms with Crippen LogP contribution in [0.5, 0.6) is 11.5 Å². The number of hydrogen-bond acceptors (Lipinski definition) is 6. The first-order chi connectivity index (χ1) is 12.1. The second kappa shape index (κ2) is 7.99. The van der Waals surface area contributed by atoms with Gasteiger partial charge in [0.1, 0.15) is 10.9 Å². The number of amides is 1. The van der Waals surface area contributed by atoms with Crippen molar-refractivity contribution in [2.45, 2.75) is 6.61 Å². The number of halogens is 1. The number of methoxy groups -OCH3 is 1.